The minimum atomic E-state index is -0.991. The summed E-state index contributed by atoms with van der Waals surface area (Å²) in [5.41, 5.74) is 9.28. The zero-order chi connectivity index (χ0) is 34.9. The average Bonchev–Trinajstić information content (AvgIpc) is 3.56. The van der Waals surface area contributed by atoms with Crippen LogP contribution in [0.5, 0.6) is 0 Å². The van der Waals surface area contributed by atoms with Gasteiger partial charge < -0.3 is 21.1 Å². The summed E-state index contributed by atoms with van der Waals surface area (Å²) in [5.74, 6) is -0.0411. The highest BCUT2D eigenvalue weighted by atomic mass is 32.1. The fourth-order valence-electron chi connectivity index (χ4n) is 9.40. The van der Waals surface area contributed by atoms with Gasteiger partial charge in [-0.1, -0.05) is 6.07 Å². The molecule has 0 radical (unpaired) electrons. The van der Waals surface area contributed by atoms with Gasteiger partial charge in [0.05, 0.1) is 32.0 Å². The van der Waals surface area contributed by atoms with Crippen molar-refractivity contribution in [1.29, 1.82) is 0 Å². The fourth-order valence-corrected chi connectivity index (χ4v) is 10.6. The second kappa shape index (κ2) is 12.4. The number of thiazole rings is 1. The Bertz CT molecular complexity index is 1880. The summed E-state index contributed by atoms with van der Waals surface area (Å²) in [6, 6.07) is 8.18. The molecule has 12 heteroatoms. The van der Waals surface area contributed by atoms with Gasteiger partial charge in [-0.2, -0.15) is 0 Å². The average molecular weight is 699 g/mol. The summed E-state index contributed by atoms with van der Waals surface area (Å²) in [6.45, 7) is 7.81. The molecule has 50 heavy (non-hydrogen) atoms. The Morgan fingerprint density at radius 3 is 2.52 bits per heavy atom. The summed E-state index contributed by atoms with van der Waals surface area (Å²) < 4.78 is 1.10. The Balaban J connectivity index is 0.772. The zero-order valence-corrected chi connectivity index (χ0v) is 29.6. The van der Waals surface area contributed by atoms with E-state index in [9.17, 15) is 24.3 Å². The number of imide groups is 2. The van der Waals surface area contributed by atoms with E-state index in [1.807, 2.05) is 18.2 Å². The third-order valence-corrected chi connectivity index (χ3v) is 13.0. The van der Waals surface area contributed by atoms with Gasteiger partial charge in [0, 0.05) is 55.5 Å². The number of aliphatic hydroxyl groups is 1. The van der Waals surface area contributed by atoms with Crippen molar-refractivity contribution in [3.05, 3.63) is 52.0 Å². The molecule has 2 saturated carbocycles. The van der Waals surface area contributed by atoms with Crippen molar-refractivity contribution in [2.75, 3.05) is 37.2 Å². The quantitative estimate of drug-likeness (QED) is 0.178. The Morgan fingerprint density at radius 2 is 1.80 bits per heavy atom. The largest absolute Gasteiger partial charge is 0.398 e. The summed E-state index contributed by atoms with van der Waals surface area (Å²) >= 11 is 1.75. The van der Waals surface area contributed by atoms with Crippen molar-refractivity contribution in [3.63, 3.8) is 0 Å². The predicted molar refractivity (Wildman–Crippen MR) is 192 cm³/mol. The van der Waals surface area contributed by atoms with Gasteiger partial charge in [0.25, 0.3) is 11.8 Å². The number of aromatic nitrogens is 1. The number of benzene rings is 2. The lowest BCUT2D eigenvalue weighted by atomic mass is 9.57. The molecule has 1 atom stereocenters. The number of rotatable bonds is 9. The number of piperidine rings is 1. The molecule has 5 aliphatic rings. The number of hydrogen-bond donors (Lipinski definition) is 4. The smallest absolute Gasteiger partial charge is 0.264 e. The van der Waals surface area contributed by atoms with Gasteiger partial charge in [-0.25, -0.2) is 4.98 Å². The van der Waals surface area contributed by atoms with Gasteiger partial charge in [-0.15, -0.1) is 11.3 Å². The minimum absolute atomic E-state index is 0.104. The normalized spacial score (nSPS) is 25.5. The lowest BCUT2D eigenvalue weighted by Gasteiger charge is -2.60. The topological polar surface area (TPSA) is 158 Å². The Morgan fingerprint density at radius 1 is 1.04 bits per heavy atom. The first-order chi connectivity index (χ1) is 23.9. The summed E-state index contributed by atoms with van der Waals surface area (Å²) in [6.07, 6.45) is 8.55. The van der Waals surface area contributed by atoms with E-state index < -0.39 is 29.4 Å². The van der Waals surface area contributed by atoms with Gasteiger partial charge in [0.15, 0.2) is 0 Å². The van der Waals surface area contributed by atoms with Crippen LogP contribution in [0.2, 0.25) is 0 Å². The van der Waals surface area contributed by atoms with Crippen molar-refractivity contribution in [2.45, 2.75) is 89.2 Å². The van der Waals surface area contributed by atoms with E-state index >= 15 is 0 Å². The number of anilines is 2. The van der Waals surface area contributed by atoms with E-state index in [1.165, 1.54) is 63.2 Å². The van der Waals surface area contributed by atoms with Crippen molar-refractivity contribution in [1.82, 2.24) is 20.1 Å². The molecule has 8 rings (SSSR count). The second-order valence-electron chi connectivity index (χ2n) is 16.1. The summed E-state index contributed by atoms with van der Waals surface area (Å²) in [4.78, 5) is 59.2. The van der Waals surface area contributed by atoms with E-state index in [0.717, 1.165) is 33.0 Å². The number of nitrogens with zero attached hydrogens (tertiary/aromatic N) is 3. The van der Waals surface area contributed by atoms with Gasteiger partial charge in [-0.3, -0.25) is 29.4 Å². The second-order valence-corrected chi connectivity index (χ2v) is 17.1. The molecule has 2 aliphatic carbocycles. The number of carbonyl (C=O) groups excluding carboxylic acids is 4. The number of likely N-dealkylation sites (tertiary alicyclic amines) is 1. The molecule has 1 spiro atoms. The fraction of sp³-hybridized carbons (Fsp3) is 0.553. The molecule has 5 N–H and O–H groups in total. The van der Waals surface area contributed by atoms with Gasteiger partial charge in [0.2, 0.25) is 11.8 Å². The Kier molecular flexibility index (Phi) is 8.27. The van der Waals surface area contributed by atoms with Crippen LogP contribution in [-0.4, -0.2) is 75.7 Å². The van der Waals surface area contributed by atoms with E-state index in [4.69, 9.17) is 10.7 Å². The number of amides is 4. The molecule has 4 heterocycles. The predicted octanol–water partition coefficient (Wildman–Crippen LogP) is 5.00. The monoisotopic (exact) mass is 698 g/mol. The Labute approximate surface area is 296 Å². The van der Waals surface area contributed by atoms with Crippen molar-refractivity contribution >= 4 is 56.6 Å². The van der Waals surface area contributed by atoms with Crippen LogP contribution in [0, 0.1) is 17.3 Å². The van der Waals surface area contributed by atoms with Crippen LogP contribution < -0.4 is 16.4 Å². The summed E-state index contributed by atoms with van der Waals surface area (Å²) in [7, 11) is 0. The van der Waals surface area contributed by atoms with E-state index in [1.54, 1.807) is 37.3 Å². The van der Waals surface area contributed by atoms with E-state index in [-0.39, 0.29) is 18.7 Å². The van der Waals surface area contributed by atoms with Crippen LogP contribution in [0.25, 0.3) is 10.2 Å². The maximum absolute atomic E-state index is 13.4. The molecule has 0 bridgehead atoms. The summed E-state index contributed by atoms with van der Waals surface area (Å²) in [5, 5.41) is 17.4. The standard InChI is InChI=1S/C38H46N6O5S/c1-37(2,49)25-14-28-30(15-26(25)39)50-34(41-28)23-8-6-21(7-9-23)18-43-19-38(20-43)16-22(17-38)12-13-40-27-5-3-4-24-32(27)36(48)44(35(24)47)29-10-11-31(45)42-33(29)46/h3-5,14-15,21-23,29,40,49H,6-13,16-20,39H2,1-2H3,(H,42,45,46). The van der Waals surface area contributed by atoms with Crippen LogP contribution >= 0.6 is 11.3 Å². The van der Waals surface area contributed by atoms with E-state index in [2.05, 4.69) is 15.5 Å². The molecule has 264 valence electrons. The third-order valence-electron chi connectivity index (χ3n) is 11.8. The van der Waals surface area contributed by atoms with Crippen LogP contribution in [0.15, 0.2) is 30.3 Å². The zero-order valence-electron chi connectivity index (χ0n) is 28.8. The van der Waals surface area contributed by atoms with Crippen LogP contribution in [0.4, 0.5) is 11.4 Å². The first-order valence-electron chi connectivity index (χ1n) is 18.1. The number of nitrogens with one attached hydrogen (secondary N) is 2. The molecule has 1 aromatic heterocycles. The molecular formula is C38H46N6O5S. The third kappa shape index (κ3) is 5.98. The van der Waals surface area contributed by atoms with Crippen LogP contribution in [0.3, 0.4) is 0 Å². The highest BCUT2D eigenvalue weighted by Gasteiger charge is 2.52. The molecule has 2 aromatic carbocycles. The number of fused-ring (bicyclic) bond motifs is 2. The van der Waals surface area contributed by atoms with Gasteiger partial charge in [0.1, 0.15) is 6.04 Å². The molecule has 2 saturated heterocycles. The van der Waals surface area contributed by atoms with Gasteiger partial charge in [-0.05, 0) is 107 Å². The molecule has 1 unspecified atom stereocenters. The molecule has 4 fully saturated rings. The Hall–Kier alpha value is -3.87. The maximum Gasteiger partial charge on any atom is 0.264 e. The first kappa shape index (κ1) is 33.3. The molecular weight excluding hydrogens is 653 g/mol. The van der Waals surface area contributed by atoms with E-state index in [0.29, 0.717) is 46.3 Å². The van der Waals surface area contributed by atoms with Crippen molar-refractivity contribution in [3.8, 4) is 0 Å². The van der Waals surface area contributed by atoms with Crippen LogP contribution in [-0.2, 0) is 15.2 Å². The number of hydrogen-bond acceptors (Lipinski definition) is 10. The molecule has 11 nitrogen and oxygen atoms in total. The highest BCUT2D eigenvalue weighted by molar-refractivity contribution is 7.18. The van der Waals surface area contributed by atoms with Crippen molar-refractivity contribution < 1.29 is 24.3 Å². The number of nitrogen functional groups attached to an aromatic ring is 1. The SMILES string of the molecule is CC(C)(O)c1cc2nc(C3CCC(CN4CC5(CC(CCNc6cccc7c6C(=O)N(C6CCC(=O)NC6=O)C7=O)C5)C4)CC3)sc2cc1N. The number of carbonyl (C=O) groups is 4. The maximum atomic E-state index is 13.4. The lowest BCUT2D eigenvalue weighted by molar-refractivity contribution is -0.136. The number of nitrogens with two attached hydrogens (primary N) is 1. The molecule has 3 aromatic rings. The van der Waals surface area contributed by atoms with Gasteiger partial charge >= 0.3 is 0 Å². The highest BCUT2D eigenvalue weighted by Crippen LogP contribution is 2.53. The van der Waals surface area contributed by atoms with Crippen molar-refractivity contribution in [2.24, 2.45) is 17.3 Å². The first-order valence-corrected chi connectivity index (χ1v) is 18.9. The minimum Gasteiger partial charge on any atom is -0.398 e. The van der Waals surface area contributed by atoms with Crippen LogP contribution in [0.1, 0.15) is 109 Å². The molecule has 3 aliphatic heterocycles. The molecule has 4 amide bonds. The lowest BCUT2D eigenvalue weighted by Crippen LogP contribution is -2.63.